The van der Waals surface area contributed by atoms with Crippen molar-refractivity contribution >= 4 is 21.4 Å². The molecule has 1 atom stereocenters. The lowest BCUT2D eigenvalue weighted by Crippen LogP contribution is -2.39. The average Bonchev–Trinajstić information content (AvgIpc) is 2.27. The van der Waals surface area contributed by atoms with E-state index in [1.807, 2.05) is 24.3 Å². The number of halogens is 1. The van der Waals surface area contributed by atoms with Crippen LogP contribution in [0.4, 0.5) is 0 Å². The predicted molar refractivity (Wildman–Crippen MR) is 70.0 cm³/mol. The van der Waals surface area contributed by atoms with Crippen molar-refractivity contribution in [1.82, 2.24) is 5.32 Å². The number of hydrogen-bond donors (Lipinski definition) is 1. The molecule has 94 valence electrons. The van der Waals surface area contributed by atoms with E-state index in [4.69, 9.17) is 11.6 Å². The molecule has 5 heteroatoms. The molecule has 1 N–H and O–H groups in total. The maximum atomic E-state index is 11.5. The summed E-state index contributed by atoms with van der Waals surface area (Å²) < 4.78 is 22.9. The molecule has 0 saturated carbocycles. The molecule has 1 unspecified atom stereocenters. The van der Waals surface area contributed by atoms with Gasteiger partial charge in [-0.05, 0) is 30.5 Å². The molecule has 0 bridgehead atoms. The highest BCUT2D eigenvalue weighted by molar-refractivity contribution is 7.91. The Morgan fingerprint density at radius 2 is 2.00 bits per heavy atom. The van der Waals surface area contributed by atoms with E-state index in [1.165, 1.54) is 0 Å². The summed E-state index contributed by atoms with van der Waals surface area (Å²) >= 11 is 5.80. The van der Waals surface area contributed by atoms with E-state index < -0.39 is 9.84 Å². The molecule has 1 saturated heterocycles. The van der Waals surface area contributed by atoms with Crippen LogP contribution in [-0.4, -0.2) is 26.0 Å². The lowest BCUT2D eigenvalue weighted by atomic mass is 10.1. The van der Waals surface area contributed by atoms with Gasteiger partial charge in [0.15, 0.2) is 9.84 Å². The maximum absolute atomic E-state index is 11.5. The predicted octanol–water partition coefficient (Wildman–Crippen LogP) is 2.01. The Labute approximate surface area is 107 Å². The van der Waals surface area contributed by atoms with Gasteiger partial charge in [-0.25, -0.2) is 8.42 Å². The van der Waals surface area contributed by atoms with Gasteiger partial charge >= 0.3 is 0 Å². The Morgan fingerprint density at radius 1 is 1.29 bits per heavy atom. The van der Waals surface area contributed by atoms with Crippen LogP contribution >= 0.6 is 11.6 Å². The van der Waals surface area contributed by atoms with Crippen LogP contribution < -0.4 is 5.32 Å². The number of sulfone groups is 1. The Bertz CT molecular complexity index is 470. The molecule has 1 aromatic rings. The summed E-state index contributed by atoms with van der Waals surface area (Å²) in [7, 11) is -2.83. The van der Waals surface area contributed by atoms with Gasteiger partial charge in [0, 0.05) is 17.6 Å². The molecule has 1 aliphatic rings. The summed E-state index contributed by atoms with van der Waals surface area (Å²) in [6.45, 7) is 0.692. The standard InChI is InChI=1S/C12H16ClNO2S/c13-11-5-3-10(4-6-11)8-14-12-2-1-7-17(15,16)9-12/h3-6,12,14H,1-2,7-9H2. The van der Waals surface area contributed by atoms with Crippen LogP contribution in [0.2, 0.25) is 5.02 Å². The van der Waals surface area contributed by atoms with Gasteiger partial charge in [0.25, 0.3) is 0 Å². The molecule has 2 rings (SSSR count). The van der Waals surface area contributed by atoms with E-state index in [9.17, 15) is 8.42 Å². The minimum absolute atomic E-state index is 0.0874. The molecular formula is C12H16ClNO2S. The molecule has 1 aliphatic heterocycles. The molecule has 1 aromatic carbocycles. The van der Waals surface area contributed by atoms with Crippen molar-refractivity contribution in [2.45, 2.75) is 25.4 Å². The highest BCUT2D eigenvalue weighted by atomic mass is 35.5. The van der Waals surface area contributed by atoms with E-state index in [1.54, 1.807) is 0 Å². The fourth-order valence-electron chi connectivity index (χ4n) is 2.05. The monoisotopic (exact) mass is 273 g/mol. The summed E-state index contributed by atoms with van der Waals surface area (Å²) in [6, 6.07) is 7.68. The van der Waals surface area contributed by atoms with E-state index in [0.717, 1.165) is 18.4 Å². The first-order chi connectivity index (χ1) is 8.05. The summed E-state index contributed by atoms with van der Waals surface area (Å²) in [5, 5.41) is 4.01. The highest BCUT2D eigenvalue weighted by Crippen LogP contribution is 2.13. The number of nitrogens with one attached hydrogen (secondary N) is 1. The van der Waals surface area contributed by atoms with Gasteiger partial charge in [-0.2, -0.15) is 0 Å². The number of rotatable bonds is 3. The topological polar surface area (TPSA) is 46.2 Å². The Balaban J connectivity index is 1.88. The fourth-order valence-corrected chi connectivity index (χ4v) is 3.84. The Morgan fingerprint density at radius 3 is 2.65 bits per heavy atom. The second-order valence-corrected chi connectivity index (χ2v) is 7.13. The molecule has 0 spiro atoms. The molecule has 17 heavy (non-hydrogen) atoms. The van der Waals surface area contributed by atoms with Crippen molar-refractivity contribution in [2.24, 2.45) is 0 Å². The third kappa shape index (κ3) is 3.98. The van der Waals surface area contributed by atoms with Crippen LogP contribution in [0.3, 0.4) is 0 Å². The quantitative estimate of drug-likeness (QED) is 0.916. The summed E-state index contributed by atoms with van der Waals surface area (Å²) in [5.74, 6) is 0.604. The molecular weight excluding hydrogens is 258 g/mol. The van der Waals surface area contributed by atoms with Crippen LogP contribution in [0, 0.1) is 0 Å². The van der Waals surface area contributed by atoms with Crippen molar-refractivity contribution in [3.8, 4) is 0 Å². The van der Waals surface area contributed by atoms with Crippen LogP contribution in [0.25, 0.3) is 0 Å². The largest absolute Gasteiger partial charge is 0.309 e. The van der Waals surface area contributed by atoms with Gasteiger partial charge in [-0.15, -0.1) is 0 Å². The molecule has 1 heterocycles. The van der Waals surface area contributed by atoms with Crippen molar-refractivity contribution in [1.29, 1.82) is 0 Å². The highest BCUT2D eigenvalue weighted by Gasteiger charge is 2.23. The van der Waals surface area contributed by atoms with Crippen LogP contribution in [0.5, 0.6) is 0 Å². The van der Waals surface area contributed by atoms with E-state index in [0.29, 0.717) is 17.3 Å². The first kappa shape index (κ1) is 12.9. The van der Waals surface area contributed by atoms with Crippen molar-refractivity contribution in [3.63, 3.8) is 0 Å². The Hall–Kier alpha value is -0.580. The normalized spacial score (nSPS) is 23.5. The van der Waals surface area contributed by atoms with Crippen molar-refractivity contribution in [3.05, 3.63) is 34.9 Å². The summed E-state index contributed by atoms with van der Waals surface area (Å²) in [4.78, 5) is 0. The molecule has 0 aliphatic carbocycles. The second-order valence-electron chi connectivity index (χ2n) is 4.46. The van der Waals surface area contributed by atoms with Gasteiger partial charge in [0.05, 0.1) is 11.5 Å². The number of benzene rings is 1. The zero-order valence-corrected chi connectivity index (χ0v) is 11.1. The summed E-state index contributed by atoms with van der Waals surface area (Å²) in [6.07, 6.45) is 1.70. The summed E-state index contributed by atoms with van der Waals surface area (Å²) in [5.41, 5.74) is 1.12. The van der Waals surface area contributed by atoms with E-state index in [-0.39, 0.29) is 11.8 Å². The zero-order chi connectivity index (χ0) is 12.3. The Kier molecular flexibility index (Phi) is 4.07. The van der Waals surface area contributed by atoms with Gasteiger partial charge in [-0.1, -0.05) is 23.7 Å². The number of hydrogen-bond acceptors (Lipinski definition) is 3. The van der Waals surface area contributed by atoms with E-state index in [2.05, 4.69) is 5.32 Å². The lowest BCUT2D eigenvalue weighted by Gasteiger charge is -2.23. The minimum atomic E-state index is -2.83. The van der Waals surface area contributed by atoms with Gasteiger partial charge in [0.2, 0.25) is 0 Å². The van der Waals surface area contributed by atoms with Gasteiger partial charge in [-0.3, -0.25) is 0 Å². The fraction of sp³-hybridized carbons (Fsp3) is 0.500. The SMILES string of the molecule is O=S1(=O)CCCC(NCc2ccc(Cl)cc2)C1. The molecule has 3 nitrogen and oxygen atoms in total. The average molecular weight is 274 g/mol. The molecule has 0 radical (unpaired) electrons. The first-order valence-electron chi connectivity index (χ1n) is 5.73. The van der Waals surface area contributed by atoms with Crippen molar-refractivity contribution < 1.29 is 8.42 Å². The molecule has 0 aromatic heterocycles. The molecule has 1 fully saturated rings. The zero-order valence-electron chi connectivity index (χ0n) is 9.52. The molecule has 0 amide bonds. The second kappa shape index (κ2) is 5.38. The van der Waals surface area contributed by atoms with Crippen LogP contribution in [0.15, 0.2) is 24.3 Å². The van der Waals surface area contributed by atoms with Gasteiger partial charge < -0.3 is 5.32 Å². The van der Waals surface area contributed by atoms with Crippen LogP contribution in [0.1, 0.15) is 18.4 Å². The van der Waals surface area contributed by atoms with Crippen LogP contribution in [-0.2, 0) is 16.4 Å². The maximum Gasteiger partial charge on any atom is 0.151 e. The van der Waals surface area contributed by atoms with E-state index >= 15 is 0 Å². The third-order valence-electron chi connectivity index (χ3n) is 2.97. The smallest absolute Gasteiger partial charge is 0.151 e. The first-order valence-corrected chi connectivity index (χ1v) is 7.93. The third-order valence-corrected chi connectivity index (χ3v) is 5.04. The van der Waals surface area contributed by atoms with Gasteiger partial charge in [0.1, 0.15) is 0 Å². The van der Waals surface area contributed by atoms with Crippen molar-refractivity contribution in [2.75, 3.05) is 11.5 Å². The minimum Gasteiger partial charge on any atom is -0.309 e. The lowest BCUT2D eigenvalue weighted by molar-refractivity contribution is 0.480.